The second-order valence-electron chi connectivity index (χ2n) is 6.20. The van der Waals surface area contributed by atoms with Crippen molar-refractivity contribution in [2.75, 3.05) is 4.72 Å². The fourth-order valence-corrected chi connectivity index (χ4v) is 3.32. The second-order valence-corrected chi connectivity index (χ2v) is 7.05. The number of anilines is 1. The van der Waals surface area contributed by atoms with E-state index in [9.17, 15) is 4.79 Å². The van der Waals surface area contributed by atoms with E-state index in [4.69, 9.17) is 0 Å². The molecule has 0 aliphatic carbocycles. The molecule has 134 valence electrons. The van der Waals surface area contributed by atoms with Gasteiger partial charge >= 0.3 is 0 Å². The van der Waals surface area contributed by atoms with Crippen LogP contribution in [-0.2, 0) is 13.6 Å². The summed E-state index contributed by atoms with van der Waals surface area (Å²) in [4.78, 5) is 13.6. The summed E-state index contributed by atoms with van der Waals surface area (Å²) in [6.45, 7) is 4.57. The minimum Gasteiger partial charge on any atom is -0.348 e. The zero-order valence-electron chi connectivity index (χ0n) is 15.1. The molecule has 0 spiro atoms. The highest BCUT2D eigenvalue weighted by atomic mass is 32.2. The van der Waals surface area contributed by atoms with E-state index in [0.717, 1.165) is 16.8 Å². The number of amides is 1. The Balaban J connectivity index is 1.66. The molecule has 3 aromatic rings. The van der Waals surface area contributed by atoms with Gasteiger partial charge in [-0.05, 0) is 55.1 Å². The summed E-state index contributed by atoms with van der Waals surface area (Å²) in [6, 6.07) is 13.9. The van der Waals surface area contributed by atoms with Crippen LogP contribution in [0.5, 0.6) is 0 Å². The van der Waals surface area contributed by atoms with Gasteiger partial charge < -0.3 is 10.0 Å². The molecule has 5 nitrogen and oxygen atoms in total. The molecule has 1 heterocycles. The smallest absolute Gasteiger partial charge is 0.251 e. The van der Waals surface area contributed by atoms with E-state index in [-0.39, 0.29) is 5.91 Å². The summed E-state index contributed by atoms with van der Waals surface area (Å²) in [5, 5.41) is 7.04. The highest BCUT2D eigenvalue weighted by Gasteiger charge is 2.09. The molecule has 0 unspecified atom stereocenters. The largest absolute Gasteiger partial charge is 0.348 e. The van der Waals surface area contributed by atoms with Crippen LogP contribution in [0.3, 0.4) is 0 Å². The van der Waals surface area contributed by atoms with Gasteiger partial charge in [-0.2, -0.15) is 5.10 Å². The van der Waals surface area contributed by atoms with E-state index >= 15 is 0 Å². The van der Waals surface area contributed by atoms with E-state index in [0.29, 0.717) is 12.1 Å². The van der Waals surface area contributed by atoms with Crippen LogP contribution in [0.1, 0.15) is 27.0 Å². The Hall–Kier alpha value is -2.73. The number of carbonyl (C=O) groups is 1. The Bertz CT molecular complexity index is 920. The van der Waals surface area contributed by atoms with E-state index < -0.39 is 0 Å². The van der Waals surface area contributed by atoms with Crippen molar-refractivity contribution in [2.24, 2.45) is 7.05 Å². The Labute approximate surface area is 157 Å². The fourth-order valence-electron chi connectivity index (χ4n) is 2.50. The summed E-state index contributed by atoms with van der Waals surface area (Å²) in [7, 11) is 1.86. The fraction of sp³-hybridized carbons (Fsp3) is 0.200. The average molecular weight is 366 g/mol. The molecule has 0 saturated carbocycles. The maximum Gasteiger partial charge on any atom is 0.251 e. The normalized spacial score (nSPS) is 10.6. The van der Waals surface area contributed by atoms with Gasteiger partial charge in [0.05, 0.1) is 6.20 Å². The molecule has 0 aliphatic heterocycles. The molecule has 0 saturated heterocycles. The number of nitrogens with one attached hydrogen (secondary N) is 2. The standard InChI is InChI=1S/C20H22N4OS/c1-14-8-9-17(20(25)21-11-16-12-22-24(3)13-16)10-18(14)23-26-19-7-5-4-6-15(19)2/h4-10,12-13,23H,11H2,1-3H3,(H,21,25). The van der Waals surface area contributed by atoms with Gasteiger partial charge in [-0.25, -0.2) is 0 Å². The van der Waals surface area contributed by atoms with Crippen LogP contribution < -0.4 is 10.0 Å². The SMILES string of the molecule is Cc1ccc(C(=O)NCc2cnn(C)c2)cc1NSc1ccccc1C. The first-order valence-electron chi connectivity index (χ1n) is 8.38. The van der Waals surface area contributed by atoms with Crippen LogP contribution in [0.2, 0.25) is 0 Å². The molecule has 2 N–H and O–H groups in total. The van der Waals surface area contributed by atoms with Crippen LogP contribution in [0.25, 0.3) is 0 Å². The minimum atomic E-state index is -0.0993. The average Bonchev–Trinajstić information content (AvgIpc) is 3.05. The van der Waals surface area contributed by atoms with E-state index in [2.05, 4.69) is 34.2 Å². The lowest BCUT2D eigenvalue weighted by atomic mass is 10.1. The van der Waals surface area contributed by atoms with Gasteiger partial charge in [0.1, 0.15) is 0 Å². The zero-order chi connectivity index (χ0) is 18.5. The third kappa shape index (κ3) is 4.46. The minimum absolute atomic E-state index is 0.0993. The maximum absolute atomic E-state index is 12.4. The molecule has 0 fully saturated rings. The summed E-state index contributed by atoms with van der Waals surface area (Å²) in [5.41, 5.74) is 4.85. The first-order chi connectivity index (χ1) is 12.5. The molecule has 0 radical (unpaired) electrons. The number of hydrogen-bond acceptors (Lipinski definition) is 4. The molecule has 3 rings (SSSR count). The molecule has 1 amide bonds. The molecule has 0 bridgehead atoms. The molecule has 0 aliphatic rings. The van der Waals surface area contributed by atoms with E-state index in [1.54, 1.807) is 22.8 Å². The summed E-state index contributed by atoms with van der Waals surface area (Å²) in [5.74, 6) is -0.0993. The second kappa shape index (κ2) is 8.10. The van der Waals surface area contributed by atoms with Crippen molar-refractivity contribution in [1.29, 1.82) is 0 Å². The van der Waals surface area contributed by atoms with Crippen molar-refractivity contribution >= 4 is 23.5 Å². The van der Waals surface area contributed by atoms with Gasteiger partial charge in [0, 0.05) is 41.5 Å². The number of aryl methyl sites for hydroxylation is 3. The third-order valence-electron chi connectivity index (χ3n) is 4.08. The first kappa shape index (κ1) is 18.1. The predicted molar refractivity (Wildman–Crippen MR) is 106 cm³/mol. The van der Waals surface area contributed by atoms with Crippen LogP contribution in [-0.4, -0.2) is 15.7 Å². The Kier molecular flexibility index (Phi) is 5.63. The van der Waals surface area contributed by atoms with Crippen LogP contribution in [0.15, 0.2) is 59.8 Å². The van der Waals surface area contributed by atoms with Crippen molar-refractivity contribution in [3.05, 3.63) is 77.1 Å². The van der Waals surface area contributed by atoms with Crippen LogP contribution >= 0.6 is 11.9 Å². The summed E-state index contributed by atoms with van der Waals surface area (Å²) >= 11 is 1.55. The van der Waals surface area contributed by atoms with Crippen molar-refractivity contribution in [3.8, 4) is 0 Å². The van der Waals surface area contributed by atoms with Crippen molar-refractivity contribution in [1.82, 2.24) is 15.1 Å². The predicted octanol–water partition coefficient (Wildman–Crippen LogP) is 4.09. The number of carbonyl (C=O) groups excluding carboxylic acids is 1. The lowest BCUT2D eigenvalue weighted by Gasteiger charge is -2.12. The molecule has 0 atom stereocenters. The van der Waals surface area contributed by atoms with Crippen LogP contribution in [0.4, 0.5) is 5.69 Å². The van der Waals surface area contributed by atoms with Gasteiger partial charge in [-0.3, -0.25) is 9.48 Å². The Morgan fingerprint density at radius 3 is 2.69 bits per heavy atom. The monoisotopic (exact) mass is 366 g/mol. The highest BCUT2D eigenvalue weighted by molar-refractivity contribution is 8.00. The number of rotatable bonds is 6. The highest BCUT2D eigenvalue weighted by Crippen LogP contribution is 2.26. The Morgan fingerprint density at radius 1 is 1.15 bits per heavy atom. The van der Waals surface area contributed by atoms with Gasteiger partial charge in [-0.15, -0.1) is 0 Å². The van der Waals surface area contributed by atoms with Crippen molar-refractivity contribution in [3.63, 3.8) is 0 Å². The molecule has 2 aromatic carbocycles. The van der Waals surface area contributed by atoms with Crippen LogP contribution in [0, 0.1) is 13.8 Å². The lowest BCUT2D eigenvalue weighted by molar-refractivity contribution is 0.0951. The molecular weight excluding hydrogens is 344 g/mol. The van der Waals surface area contributed by atoms with E-state index in [1.807, 2.05) is 50.5 Å². The Morgan fingerprint density at radius 2 is 1.96 bits per heavy atom. The molecule has 26 heavy (non-hydrogen) atoms. The van der Waals surface area contributed by atoms with Gasteiger partial charge in [0.2, 0.25) is 0 Å². The van der Waals surface area contributed by atoms with Gasteiger partial charge in [-0.1, -0.05) is 24.3 Å². The summed E-state index contributed by atoms with van der Waals surface area (Å²) in [6.07, 6.45) is 3.64. The topological polar surface area (TPSA) is 59.0 Å². The van der Waals surface area contributed by atoms with E-state index in [1.165, 1.54) is 10.5 Å². The van der Waals surface area contributed by atoms with Crippen molar-refractivity contribution in [2.45, 2.75) is 25.3 Å². The molecule has 1 aromatic heterocycles. The van der Waals surface area contributed by atoms with Crippen molar-refractivity contribution < 1.29 is 4.79 Å². The third-order valence-corrected chi connectivity index (χ3v) is 5.08. The maximum atomic E-state index is 12.4. The zero-order valence-corrected chi connectivity index (χ0v) is 15.9. The van der Waals surface area contributed by atoms with Gasteiger partial charge in [0.25, 0.3) is 5.91 Å². The van der Waals surface area contributed by atoms with Gasteiger partial charge in [0.15, 0.2) is 0 Å². The number of aromatic nitrogens is 2. The molecular formula is C20H22N4OS. The number of hydrogen-bond donors (Lipinski definition) is 2. The number of nitrogens with zero attached hydrogens (tertiary/aromatic N) is 2. The number of benzene rings is 2. The molecule has 6 heteroatoms. The first-order valence-corrected chi connectivity index (χ1v) is 9.19. The lowest BCUT2D eigenvalue weighted by Crippen LogP contribution is -2.22. The summed E-state index contributed by atoms with van der Waals surface area (Å²) < 4.78 is 5.09. The quantitative estimate of drug-likeness (QED) is 0.645.